The molecule has 0 aromatic heterocycles. The van der Waals surface area contributed by atoms with Gasteiger partial charge in [-0.05, 0) is 25.5 Å². The third kappa shape index (κ3) is 4.46. The maximum Gasteiger partial charge on any atom is 0.321 e. The summed E-state index contributed by atoms with van der Waals surface area (Å²) in [7, 11) is 0. The Kier molecular flexibility index (Phi) is 5.16. The minimum absolute atomic E-state index is 0.000845. The summed E-state index contributed by atoms with van der Waals surface area (Å²) in [6, 6.07) is 7.55. The largest absolute Gasteiger partial charge is 0.361 e. The Morgan fingerprint density at radius 3 is 2.86 bits per heavy atom. The van der Waals surface area contributed by atoms with E-state index in [1.807, 2.05) is 43.0 Å². The zero-order valence-electron chi connectivity index (χ0n) is 12.5. The topological polar surface area (TPSA) is 73.5 Å². The normalized spacial score (nSPS) is 14.3. The molecule has 6 heteroatoms. The molecule has 3 N–H and O–H groups in total. The molecule has 0 atom stereocenters. The molecule has 0 spiro atoms. The molecule has 2 rings (SSSR count). The molecule has 21 heavy (non-hydrogen) atoms. The van der Waals surface area contributed by atoms with Crippen LogP contribution in [0.25, 0.3) is 0 Å². The van der Waals surface area contributed by atoms with E-state index in [-0.39, 0.29) is 18.5 Å². The average molecular weight is 290 g/mol. The van der Waals surface area contributed by atoms with Crippen molar-refractivity contribution in [1.29, 1.82) is 0 Å². The lowest BCUT2D eigenvalue weighted by Crippen LogP contribution is -2.47. The highest BCUT2D eigenvalue weighted by Crippen LogP contribution is 2.21. The van der Waals surface area contributed by atoms with Gasteiger partial charge in [0.15, 0.2) is 0 Å². The van der Waals surface area contributed by atoms with Crippen LogP contribution in [-0.4, -0.2) is 37.6 Å². The molecule has 114 valence electrons. The number of hydrogen-bond acceptors (Lipinski definition) is 4. The van der Waals surface area contributed by atoms with Crippen LogP contribution >= 0.6 is 0 Å². The lowest BCUT2D eigenvalue weighted by Gasteiger charge is -2.23. The number of para-hydroxylation sites is 1. The predicted octanol–water partition coefficient (Wildman–Crippen LogP) is 0.830. The van der Waals surface area contributed by atoms with Gasteiger partial charge in [0.2, 0.25) is 5.91 Å². The first-order valence-electron chi connectivity index (χ1n) is 7.20. The van der Waals surface area contributed by atoms with Crippen molar-refractivity contribution in [2.45, 2.75) is 26.4 Å². The first-order valence-corrected chi connectivity index (χ1v) is 7.20. The number of fused-ring (bicyclic) bond motifs is 1. The number of anilines is 1. The Hall–Kier alpha value is -2.08. The van der Waals surface area contributed by atoms with Crippen molar-refractivity contribution >= 4 is 17.6 Å². The van der Waals surface area contributed by atoms with Crippen LogP contribution in [0.5, 0.6) is 0 Å². The first kappa shape index (κ1) is 15.3. The highest BCUT2D eigenvalue weighted by atomic mass is 16.2. The lowest BCUT2D eigenvalue weighted by atomic mass is 10.1. The number of hydrogen-bond donors (Lipinski definition) is 3. The van der Waals surface area contributed by atoms with E-state index >= 15 is 0 Å². The quantitative estimate of drug-likeness (QED) is 0.771. The third-order valence-electron chi connectivity index (χ3n) is 3.21. The summed E-state index contributed by atoms with van der Waals surface area (Å²) >= 11 is 0. The van der Waals surface area contributed by atoms with Crippen molar-refractivity contribution in [3.05, 3.63) is 29.8 Å². The molecule has 1 aliphatic heterocycles. The number of benzene rings is 1. The van der Waals surface area contributed by atoms with Crippen LogP contribution < -0.4 is 20.9 Å². The molecule has 0 saturated heterocycles. The Balaban J connectivity index is 1.99. The molecule has 3 amide bonds. The first-order chi connectivity index (χ1) is 10.1. The average Bonchev–Trinajstić information content (AvgIpc) is 2.60. The maximum absolute atomic E-state index is 12.0. The Labute approximate surface area is 124 Å². The number of urea groups is 1. The van der Waals surface area contributed by atoms with Gasteiger partial charge < -0.3 is 15.5 Å². The smallest absolute Gasteiger partial charge is 0.321 e. The third-order valence-corrected chi connectivity index (χ3v) is 3.21. The van der Waals surface area contributed by atoms with Gasteiger partial charge in [0.25, 0.3) is 0 Å². The standard InChI is InChI=1S/C15H22N4O2/c1-11(2)17-15(21)18-14(20)10-19-8-7-16-9-12-5-3-4-6-13(12)19/h3-6,11,16H,7-10H2,1-2H3,(H2,17,18,20,21). The van der Waals surface area contributed by atoms with Crippen molar-refractivity contribution in [3.8, 4) is 0 Å². The van der Waals surface area contributed by atoms with Gasteiger partial charge >= 0.3 is 6.03 Å². The summed E-state index contributed by atoms with van der Waals surface area (Å²) in [4.78, 5) is 25.5. The SMILES string of the molecule is CC(C)NC(=O)NC(=O)CN1CCNCc2ccccc21. The minimum atomic E-state index is -0.448. The molecular formula is C15H22N4O2. The summed E-state index contributed by atoms with van der Waals surface area (Å²) in [6.45, 7) is 6.20. The Bertz CT molecular complexity index is 516. The number of imide groups is 1. The van der Waals surface area contributed by atoms with Crippen molar-refractivity contribution in [3.63, 3.8) is 0 Å². The van der Waals surface area contributed by atoms with Gasteiger partial charge in [-0.3, -0.25) is 10.1 Å². The van der Waals surface area contributed by atoms with E-state index in [2.05, 4.69) is 16.0 Å². The second kappa shape index (κ2) is 7.08. The van der Waals surface area contributed by atoms with Crippen LogP contribution in [0.1, 0.15) is 19.4 Å². The van der Waals surface area contributed by atoms with Crippen molar-refractivity contribution in [2.24, 2.45) is 0 Å². The minimum Gasteiger partial charge on any atom is -0.361 e. The van der Waals surface area contributed by atoms with Gasteiger partial charge in [-0.25, -0.2) is 4.79 Å². The number of amides is 3. The molecule has 1 heterocycles. The molecule has 1 aliphatic rings. The lowest BCUT2D eigenvalue weighted by molar-refractivity contribution is -0.118. The van der Waals surface area contributed by atoms with E-state index in [4.69, 9.17) is 0 Å². The number of nitrogens with one attached hydrogen (secondary N) is 3. The van der Waals surface area contributed by atoms with Gasteiger partial charge in [-0.2, -0.15) is 0 Å². The van der Waals surface area contributed by atoms with E-state index in [0.29, 0.717) is 0 Å². The maximum atomic E-state index is 12.0. The van der Waals surface area contributed by atoms with Crippen LogP contribution in [0.15, 0.2) is 24.3 Å². The second-order valence-corrected chi connectivity index (χ2v) is 5.40. The fourth-order valence-corrected chi connectivity index (χ4v) is 2.33. The molecule has 0 saturated carbocycles. The van der Waals surface area contributed by atoms with Crippen LogP contribution in [0, 0.1) is 0 Å². The molecule has 0 bridgehead atoms. The summed E-state index contributed by atoms with van der Waals surface area (Å²) in [5, 5.41) is 8.32. The van der Waals surface area contributed by atoms with Gasteiger partial charge in [0.05, 0.1) is 6.54 Å². The van der Waals surface area contributed by atoms with Gasteiger partial charge in [-0.1, -0.05) is 18.2 Å². The fourth-order valence-electron chi connectivity index (χ4n) is 2.33. The molecule has 0 fully saturated rings. The summed E-state index contributed by atoms with van der Waals surface area (Å²) in [5.74, 6) is -0.301. The van der Waals surface area contributed by atoms with Crippen LogP contribution in [0.3, 0.4) is 0 Å². The molecule has 1 aromatic rings. The summed E-state index contributed by atoms with van der Waals surface area (Å²) in [5.41, 5.74) is 2.20. The molecule has 0 aliphatic carbocycles. The highest BCUT2D eigenvalue weighted by Gasteiger charge is 2.18. The van der Waals surface area contributed by atoms with Gasteiger partial charge in [0.1, 0.15) is 0 Å². The van der Waals surface area contributed by atoms with E-state index < -0.39 is 6.03 Å². The Morgan fingerprint density at radius 1 is 1.33 bits per heavy atom. The Morgan fingerprint density at radius 2 is 2.10 bits per heavy atom. The van der Waals surface area contributed by atoms with Crippen molar-refractivity contribution in [2.75, 3.05) is 24.5 Å². The molecule has 0 unspecified atom stereocenters. The zero-order valence-corrected chi connectivity index (χ0v) is 12.5. The summed E-state index contributed by atoms with van der Waals surface area (Å²) in [6.07, 6.45) is 0. The van der Waals surface area contributed by atoms with Crippen molar-refractivity contribution in [1.82, 2.24) is 16.0 Å². The number of carbonyl (C=O) groups is 2. The summed E-state index contributed by atoms with van der Waals surface area (Å²) < 4.78 is 0. The second-order valence-electron chi connectivity index (χ2n) is 5.40. The van der Waals surface area contributed by atoms with Crippen LogP contribution in [-0.2, 0) is 11.3 Å². The van der Waals surface area contributed by atoms with E-state index in [1.54, 1.807) is 0 Å². The molecule has 0 radical (unpaired) electrons. The number of carbonyl (C=O) groups excluding carboxylic acids is 2. The zero-order chi connectivity index (χ0) is 15.2. The molecule has 6 nitrogen and oxygen atoms in total. The van der Waals surface area contributed by atoms with E-state index in [0.717, 1.165) is 30.9 Å². The van der Waals surface area contributed by atoms with Crippen LogP contribution in [0.4, 0.5) is 10.5 Å². The fraction of sp³-hybridized carbons (Fsp3) is 0.467. The number of nitrogens with zero attached hydrogens (tertiary/aromatic N) is 1. The van der Waals surface area contributed by atoms with Crippen LogP contribution in [0.2, 0.25) is 0 Å². The number of rotatable bonds is 3. The van der Waals surface area contributed by atoms with E-state index in [9.17, 15) is 9.59 Å². The van der Waals surface area contributed by atoms with E-state index in [1.165, 1.54) is 0 Å². The van der Waals surface area contributed by atoms with Crippen molar-refractivity contribution < 1.29 is 9.59 Å². The predicted molar refractivity (Wildman–Crippen MR) is 82.2 cm³/mol. The van der Waals surface area contributed by atoms with Gasteiger partial charge in [0, 0.05) is 31.4 Å². The molecule has 1 aromatic carbocycles. The molecular weight excluding hydrogens is 268 g/mol. The highest BCUT2D eigenvalue weighted by molar-refractivity contribution is 5.96. The monoisotopic (exact) mass is 290 g/mol. The van der Waals surface area contributed by atoms with Gasteiger partial charge in [-0.15, -0.1) is 0 Å².